The predicted molar refractivity (Wildman–Crippen MR) is 96.2 cm³/mol. The Balaban J connectivity index is 1.83. The molecule has 0 saturated carbocycles. The van der Waals surface area contributed by atoms with Crippen LogP contribution in [0.3, 0.4) is 0 Å². The highest BCUT2D eigenvalue weighted by molar-refractivity contribution is 7.99. The molecule has 2 heterocycles. The molecule has 3 rings (SSSR count). The Labute approximate surface area is 141 Å². The van der Waals surface area contributed by atoms with Crippen LogP contribution in [-0.4, -0.2) is 48.1 Å². The molecule has 0 bridgehead atoms. The molecule has 5 nitrogen and oxygen atoms in total. The van der Waals surface area contributed by atoms with Gasteiger partial charge in [-0.15, -0.1) is 0 Å². The van der Waals surface area contributed by atoms with E-state index in [9.17, 15) is 0 Å². The molecule has 2 N–H and O–H groups in total. The summed E-state index contributed by atoms with van der Waals surface area (Å²) in [5, 5.41) is 0. The molecule has 0 radical (unpaired) electrons. The average Bonchev–Trinajstić information content (AvgIpc) is 2.51. The molecule has 2 aromatic rings. The first-order valence-electron chi connectivity index (χ1n) is 7.85. The first kappa shape index (κ1) is 16.1. The third kappa shape index (κ3) is 3.76. The van der Waals surface area contributed by atoms with Gasteiger partial charge in [0.15, 0.2) is 0 Å². The molecule has 1 fully saturated rings. The smallest absolute Gasteiger partial charge is 0.225 e. The van der Waals surface area contributed by atoms with Crippen molar-refractivity contribution in [3.05, 3.63) is 35.7 Å². The number of nitrogen functional groups attached to an aromatic ring is 1. The summed E-state index contributed by atoms with van der Waals surface area (Å²) >= 11 is 1.68. The summed E-state index contributed by atoms with van der Waals surface area (Å²) in [6.45, 7) is 8.20. The Hall–Kier alpha value is -1.79. The molecule has 1 saturated heterocycles. The van der Waals surface area contributed by atoms with Gasteiger partial charge in [-0.25, -0.2) is 9.97 Å². The molecule has 1 aliphatic rings. The quantitative estimate of drug-likeness (QED) is 0.874. The molecule has 6 heteroatoms. The lowest BCUT2D eigenvalue weighted by Gasteiger charge is -2.32. The van der Waals surface area contributed by atoms with Crippen LogP contribution < -0.4 is 10.6 Å². The number of anilines is 2. The van der Waals surface area contributed by atoms with E-state index in [1.165, 1.54) is 0 Å². The Morgan fingerprint density at radius 1 is 1.04 bits per heavy atom. The van der Waals surface area contributed by atoms with Crippen molar-refractivity contribution in [1.29, 1.82) is 0 Å². The molecule has 1 aliphatic heterocycles. The number of aromatic nitrogens is 2. The van der Waals surface area contributed by atoms with Crippen LogP contribution in [0.2, 0.25) is 0 Å². The normalized spacial score (nSPS) is 15.9. The Morgan fingerprint density at radius 2 is 1.70 bits per heavy atom. The zero-order chi connectivity index (χ0) is 16.4. The Morgan fingerprint density at radius 3 is 2.30 bits per heavy atom. The Kier molecular flexibility index (Phi) is 4.73. The predicted octanol–water partition coefficient (Wildman–Crippen LogP) is 2.58. The van der Waals surface area contributed by atoms with Gasteiger partial charge >= 0.3 is 0 Å². The van der Waals surface area contributed by atoms with E-state index in [4.69, 9.17) is 15.7 Å². The average molecular weight is 329 g/mol. The fourth-order valence-electron chi connectivity index (χ4n) is 2.68. The first-order chi connectivity index (χ1) is 11.0. The minimum atomic E-state index is 0.778. The molecule has 1 aromatic heterocycles. The number of rotatable bonds is 3. The van der Waals surface area contributed by atoms with Crippen molar-refractivity contribution >= 4 is 23.4 Å². The number of aryl methyl sites for hydroxylation is 2. The fraction of sp³-hybridized carbons (Fsp3) is 0.412. The van der Waals surface area contributed by atoms with E-state index in [1.807, 2.05) is 18.2 Å². The molecule has 0 spiro atoms. The summed E-state index contributed by atoms with van der Waals surface area (Å²) in [5.41, 5.74) is 8.70. The van der Waals surface area contributed by atoms with E-state index >= 15 is 0 Å². The maximum absolute atomic E-state index is 5.87. The van der Waals surface area contributed by atoms with Crippen LogP contribution in [0.4, 0.5) is 11.6 Å². The van der Waals surface area contributed by atoms with Crippen LogP contribution in [-0.2, 0) is 0 Å². The summed E-state index contributed by atoms with van der Waals surface area (Å²) < 4.78 is 0. The summed E-state index contributed by atoms with van der Waals surface area (Å²) in [6, 6.07) is 7.92. The Bertz CT molecular complexity index is 672. The number of nitrogens with two attached hydrogens (primary N) is 1. The van der Waals surface area contributed by atoms with Gasteiger partial charge in [0.2, 0.25) is 5.95 Å². The minimum absolute atomic E-state index is 0.778. The van der Waals surface area contributed by atoms with Crippen LogP contribution in [0.1, 0.15) is 11.4 Å². The maximum atomic E-state index is 5.87. The van der Waals surface area contributed by atoms with Crippen LogP contribution >= 0.6 is 11.8 Å². The summed E-state index contributed by atoms with van der Waals surface area (Å²) in [5.74, 6) is 0.852. The molecule has 23 heavy (non-hydrogen) atoms. The number of hydrogen-bond donors (Lipinski definition) is 1. The van der Waals surface area contributed by atoms with E-state index in [2.05, 4.69) is 36.8 Å². The van der Waals surface area contributed by atoms with Gasteiger partial charge in [0.05, 0.1) is 16.3 Å². The first-order valence-corrected chi connectivity index (χ1v) is 8.66. The lowest BCUT2D eigenvalue weighted by atomic mass is 10.3. The second-order valence-electron chi connectivity index (χ2n) is 5.99. The molecule has 0 aliphatic carbocycles. The SMILES string of the molecule is Cc1nc(N2CCN(C)CC2)nc(C)c1Sc1cccc(N)c1. The summed E-state index contributed by atoms with van der Waals surface area (Å²) in [7, 11) is 2.15. The van der Waals surface area contributed by atoms with Crippen molar-refractivity contribution in [2.24, 2.45) is 0 Å². The van der Waals surface area contributed by atoms with Crippen molar-refractivity contribution in [3.63, 3.8) is 0 Å². The third-order valence-corrected chi connectivity index (χ3v) is 5.34. The van der Waals surface area contributed by atoms with Crippen LogP contribution in [0, 0.1) is 13.8 Å². The molecule has 0 unspecified atom stereocenters. The molecule has 122 valence electrons. The van der Waals surface area contributed by atoms with Gasteiger partial charge < -0.3 is 15.5 Å². The minimum Gasteiger partial charge on any atom is -0.399 e. The standard InChI is InChI=1S/C17H23N5S/c1-12-16(23-15-6-4-5-14(18)11-15)13(2)20-17(19-12)22-9-7-21(3)8-10-22/h4-6,11H,7-10,18H2,1-3H3. The largest absolute Gasteiger partial charge is 0.399 e. The van der Waals surface area contributed by atoms with Gasteiger partial charge in [-0.2, -0.15) is 0 Å². The molecule has 0 atom stereocenters. The van der Waals surface area contributed by atoms with E-state index in [1.54, 1.807) is 11.8 Å². The van der Waals surface area contributed by atoms with Gasteiger partial charge in [-0.1, -0.05) is 17.8 Å². The lowest BCUT2D eigenvalue weighted by molar-refractivity contribution is 0.311. The van der Waals surface area contributed by atoms with Crippen LogP contribution in [0.15, 0.2) is 34.1 Å². The van der Waals surface area contributed by atoms with Crippen molar-refractivity contribution in [1.82, 2.24) is 14.9 Å². The number of likely N-dealkylation sites (N-methyl/N-ethyl adjacent to an activating group) is 1. The molecule has 0 amide bonds. The van der Waals surface area contributed by atoms with Gasteiger partial charge in [-0.3, -0.25) is 0 Å². The van der Waals surface area contributed by atoms with E-state index in [-0.39, 0.29) is 0 Å². The zero-order valence-corrected chi connectivity index (χ0v) is 14.7. The summed E-state index contributed by atoms with van der Waals surface area (Å²) in [4.78, 5) is 16.3. The molecular weight excluding hydrogens is 306 g/mol. The highest BCUT2D eigenvalue weighted by atomic mass is 32.2. The number of hydrogen-bond acceptors (Lipinski definition) is 6. The lowest BCUT2D eigenvalue weighted by Crippen LogP contribution is -2.45. The van der Waals surface area contributed by atoms with Crippen molar-refractivity contribution in [2.75, 3.05) is 43.9 Å². The zero-order valence-electron chi connectivity index (χ0n) is 13.9. The van der Waals surface area contributed by atoms with E-state index in [0.717, 1.165) is 59.0 Å². The maximum Gasteiger partial charge on any atom is 0.225 e. The number of benzene rings is 1. The van der Waals surface area contributed by atoms with Crippen molar-refractivity contribution in [2.45, 2.75) is 23.6 Å². The van der Waals surface area contributed by atoms with Gasteiger partial charge in [0, 0.05) is 36.8 Å². The van der Waals surface area contributed by atoms with E-state index in [0.29, 0.717) is 0 Å². The fourth-order valence-corrected chi connectivity index (χ4v) is 3.64. The number of piperazine rings is 1. The topological polar surface area (TPSA) is 58.3 Å². The summed E-state index contributed by atoms with van der Waals surface area (Å²) in [6.07, 6.45) is 0. The number of nitrogens with zero attached hydrogens (tertiary/aromatic N) is 4. The van der Waals surface area contributed by atoms with Crippen molar-refractivity contribution < 1.29 is 0 Å². The third-order valence-electron chi connectivity index (χ3n) is 4.06. The molecular formula is C17H23N5S. The van der Waals surface area contributed by atoms with Crippen LogP contribution in [0.5, 0.6) is 0 Å². The van der Waals surface area contributed by atoms with Crippen molar-refractivity contribution in [3.8, 4) is 0 Å². The highest BCUT2D eigenvalue weighted by Gasteiger charge is 2.19. The molecule has 1 aromatic carbocycles. The highest BCUT2D eigenvalue weighted by Crippen LogP contribution is 2.33. The monoisotopic (exact) mass is 329 g/mol. The second kappa shape index (κ2) is 6.76. The van der Waals surface area contributed by atoms with Crippen LogP contribution in [0.25, 0.3) is 0 Å². The second-order valence-corrected chi connectivity index (χ2v) is 7.07. The van der Waals surface area contributed by atoms with Gasteiger partial charge in [0.25, 0.3) is 0 Å². The van der Waals surface area contributed by atoms with E-state index < -0.39 is 0 Å². The van der Waals surface area contributed by atoms with Gasteiger partial charge in [0.1, 0.15) is 0 Å². The van der Waals surface area contributed by atoms with Gasteiger partial charge in [-0.05, 0) is 39.1 Å².